The maximum absolute atomic E-state index is 3.72. The molecule has 0 heteroatoms. The first-order chi connectivity index (χ1) is 5.35. The average molecular weight is 148 g/mol. The first-order valence-electron chi connectivity index (χ1n) is 3.87. The van der Waals surface area contributed by atoms with E-state index in [1.54, 1.807) is 6.08 Å². The topological polar surface area (TPSA) is 0 Å². The van der Waals surface area contributed by atoms with Gasteiger partial charge in [0.25, 0.3) is 0 Å². The third kappa shape index (κ3) is 5.41. The molecule has 0 nitrogen and oxygen atoms in total. The van der Waals surface area contributed by atoms with Crippen molar-refractivity contribution in [3.8, 4) is 0 Å². The van der Waals surface area contributed by atoms with Crippen molar-refractivity contribution >= 4 is 0 Å². The van der Waals surface area contributed by atoms with Gasteiger partial charge in [-0.05, 0) is 18.8 Å². The molecule has 0 aromatic carbocycles. The monoisotopic (exact) mass is 148 g/mol. The van der Waals surface area contributed by atoms with Crippen LogP contribution in [0.2, 0.25) is 0 Å². The number of allylic oxidation sites excluding steroid dienone is 5. The minimum atomic E-state index is 0.449. The van der Waals surface area contributed by atoms with Gasteiger partial charge in [-0.1, -0.05) is 37.0 Å². The molecule has 0 saturated heterocycles. The van der Waals surface area contributed by atoms with Crippen LogP contribution in [-0.4, -0.2) is 0 Å². The minimum absolute atomic E-state index is 0.449. The first kappa shape index (κ1) is 9.96. The molecule has 0 amide bonds. The summed E-state index contributed by atoms with van der Waals surface area (Å²) in [5, 5.41) is 0. The van der Waals surface area contributed by atoms with E-state index in [2.05, 4.69) is 25.8 Å². The van der Waals surface area contributed by atoms with E-state index in [-0.39, 0.29) is 0 Å². The molecule has 0 radical (unpaired) electrons. The number of hydrogen-bond acceptors (Lipinski definition) is 0. The highest BCUT2D eigenvalue weighted by Gasteiger charge is 1.94. The van der Waals surface area contributed by atoms with E-state index in [0.29, 0.717) is 5.92 Å². The summed E-state index contributed by atoms with van der Waals surface area (Å²) in [6.45, 7) is 11.0. The smallest absolute Gasteiger partial charge is 0.00559 e. The Morgan fingerprint density at radius 2 is 1.73 bits per heavy atom. The Kier molecular flexibility index (Phi) is 6.40. The standard InChI is InChI=1S/C11H16/c1-4-7-8-9-10-11(5-2)6-3/h4-8,11H,1-3,9-10H2. The molecule has 60 valence electrons. The molecule has 0 atom stereocenters. The van der Waals surface area contributed by atoms with Gasteiger partial charge in [0.2, 0.25) is 0 Å². The van der Waals surface area contributed by atoms with Gasteiger partial charge in [0.1, 0.15) is 0 Å². The largest absolute Gasteiger partial charge is 0.102 e. The molecule has 0 aliphatic rings. The van der Waals surface area contributed by atoms with Gasteiger partial charge >= 0.3 is 0 Å². The SMILES string of the molecule is C=CC=CCCC(C=C)C=C. The van der Waals surface area contributed by atoms with Gasteiger partial charge in [-0.3, -0.25) is 0 Å². The molecule has 0 rings (SSSR count). The second-order valence-electron chi connectivity index (χ2n) is 2.38. The van der Waals surface area contributed by atoms with Gasteiger partial charge in [-0.25, -0.2) is 0 Å². The Morgan fingerprint density at radius 1 is 1.09 bits per heavy atom. The normalized spacial score (nSPS) is 10.3. The summed E-state index contributed by atoms with van der Waals surface area (Å²) in [5.74, 6) is 0.449. The van der Waals surface area contributed by atoms with E-state index in [9.17, 15) is 0 Å². The predicted molar refractivity (Wildman–Crippen MR) is 52.5 cm³/mol. The van der Waals surface area contributed by atoms with Gasteiger partial charge in [0, 0.05) is 0 Å². The third-order valence-corrected chi connectivity index (χ3v) is 1.54. The van der Waals surface area contributed by atoms with E-state index in [0.717, 1.165) is 12.8 Å². The Labute approximate surface area is 69.6 Å². The molecular formula is C11H16. The highest BCUT2D eigenvalue weighted by Crippen LogP contribution is 2.08. The van der Waals surface area contributed by atoms with E-state index in [1.807, 2.05) is 18.2 Å². The van der Waals surface area contributed by atoms with Crippen LogP contribution in [0.5, 0.6) is 0 Å². The van der Waals surface area contributed by atoms with Crippen molar-refractivity contribution in [1.29, 1.82) is 0 Å². The number of rotatable bonds is 6. The van der Waals surface area contributed by atoms with Crippen LogP contribution in [0, 0.1) is 5.92 Å². The Bertz CT molecular complexity index is 143. The van der Waals surface area contributed by atoms with Crippen molar-refractivity contribution in [2.24, 2.45) is 5.92 Å². The zero-order valence-electron chi connectivity index (χ0n) is 7.00. The van der Waals surface area contributed by atoms with E-state index in [1.165, 1.54) is 0 Å². The van der Waals surface area contributed by atoms with Crippen molar-refractivity contribution in [2.75, 3.05) is 0 Å². The van der Waals surface area contributed by atoms with Crippen LogP contribution in [0.25, 0.3) is 0 Å². The predicted octanol–water partition coefficient (Wildman–Crippen LogP) is 3.50. The van der Waals surface area contributed by atoms with Gasteiger partial charge in [0.15, 0.2) is 0 Å². The molecule has 0 fully saturated rings. The molecule has 11 heavy (non-hydrogen) atoms. The lowest BCUT2D eigenvalue weighted by atomic mass is 10.0. The van der Waals surface area contributed by atoms with Gasteiger partial charge in [-0.15, -0.1) is 13.2 Å². The summed E-state index contributed by atoms with van der Waals surface area (Å²) < 4.78 is 0. The lowest BCUT2D eigenvalue weighted by Crippen LogP contribution is -1.88. The fourth-order valence-corrected chi connectivity index (χ4v) is 0.813. The van der Waals surface area contributed by atoms with Crippen LogP contribution in [0.3, 0.4) is 0 Å². The molecule has 0 spiro atoms. The fourth-order valence-electron chi connectivity index (χ4n) is 0.813. The molecule has 0 aromatic rings. The second-order valence-corrected chi connectivity index (χ2v) is 2.38. The molecule has 0 aliphatic heterocycles. The Hall–Kier alpha value is -1.04. The molecule has 0 saturated carbocycles. The molecule has 0 aromatic heterocycles. The average Bonchev–Trinajstić information content (AvgIpc) is 2.05. The molecule has 0 N–H and O–H groups in total. The summed E-state index contributed by atoms with van der Waals surface area (Å²) in [4.78, 5) is 0. The van der Waals surface area contributed by atoms with Gasteiger partial charge in [0.05, 0.1) is 0 Å². The van der Waals surface area contributed by atoms with Crippen LogP contribution in [0.1, 0.15) is 12.8 Å². The van der Waals surface area contributed by atoms with E-state index < -0.39 is 0 Å². The van der Waals surface area contributed by atoms with Crippen molar-refractivity contribution < 1.29 is 0 Å². The lowest BCUT2D eigenvalue weighted by molar-refractivity contribution is 0.725. The van der Waals surface area contributed by atoms with Crippen molar-refractivity contribution in [2.45, 2.75) is 12.8 Å². The van der Waals surface area contributed by atoms with Gasteiger partial charge in [-0.2, -0.15) is 0 Å². The third-order valence-electron chi connectivity index (χ3n) is 1.54. The summed E-state index contributed by atoms with van der Waals surface area (Å²) >= 11 is 0. The van der Waals surface area contributed by atoms with E-state index in [4.69, 9.17) is 0 Å². The highest BCUT2D eigenvalue weighted by atomic mass is 14.0. The van der Waals surface area contributed by atoms with Crippen LogP contribution >= 0.6 is 0 Å². The summed E-state index contributed by atoms with van der Waals surface area (Å²) in [6, 6.07) is 0. The molecule has 0 heterocycles. The zero-order valence-corrected chi connectivity index (χ0v) is 7.00. The van der Waals surface area contributed by atoms with Crippen molar-refractivity contribution in [1.82, 2.24) is 0 Å². The maximum atomic E-state index is 3.72. The quantitative estimate of drug-likeness (QED) is 0.399. The van der Waals surface area contributed by atoms with E-state index >= 15 is 0 Å². The molecular weight excluding hydrogens is 132 g/mol. The highest BCUT2D eigenvalue weighted by molar-refractivity contribution is 4.99. The van der Waals surface area contributed by atoms with Crippen molar-refractivity contribution in [3.05, 3.63) is 50.1 Å². The summed E-state index contributed by atoms with van der Waals surface area (Å²) in [5.41, 5.74) is 0. The van der Waals surface area contributed by atoms with Crippen LogP contribution < -0.4 is 0 Å². The maximum Gasteiger partial charge on any atom is -0.00559 e. The Morgan fingerprint density at radius 3 is 2.18 bits per heavy atom. The minimum Gasteiger partial charge on any atom is -0.102 e. The fraction of sp³-hybridized carbons (Fsp3) is 0.273. The van der Waals surface area contributed by atoms with Crippen LogP contribution in [0.4, 0.5) is 0 Å². The Balaban J connectivity index is 3.50. The summed E-state index contributed by atoms with van der Waals surface area (Å²) in [6.07, 6.45) is 11.9. The van der Waals surface area contributed by atoms with Crippen molar-refractivity contribution in [3.63, 3.8) is 0 Å². The van der Waals surface area contributed by atoms with Gasteiger partial charge < -0.3 is 0 Å². The molecule has 0 aliphatic carbocycles. The molecule has 0 unspecified atom stereocenters. The second kappa shape index (κ2) is 7.07. The molecule has 0 bridgehead atoms. The van der Waals surface area contributed by atoms with Crippen LogP contribution in [0.15, 0.2) is 50.1 Å². The first-order valence-corrected chi connectivity index (χ1v) is 3.87. The zero-order chi connectivity index (χ0) is 8.53. The number of hydrogen-bond donors (Lipinski definition) is 0. The lowest BCUT2D eigenvalue weighted by Gasteiger charge is -2.01. The summed E-state index contributed by atoms with van der Waals surface area (Å²) in [7, 11) is 0. The van der Waals surface area contributed by atoms with Crippen LogP contribution in [-0.2, 0) is 0 Å².